The van der Waals surface area contributed by atoms with E-state index in [0.717, 1.165) is 35.2 Å². The molecule has 0 bridgehead atoms. The molecule has 2 heterocycles. The van der Waals surface area contributed by atoms with Crippen molar-refractivity contribution in [2.45, 2.75) is 19.3 Å². The van der Waals surface area contributed by atoms with Crippen molar-refractivity contribution in [2.75, 3.05) is 11.1 Å². The van der Waals surface area contributed by atoms with Crippen LogP contribution in [-0.2, 0) is 12.8 Å². The molecular formula is C24H19N3O2S. The first-order valence-electron chi connectivity index (χ1n) is 9.82. The van der Waals surface area contributed by atoms with Crippen molar-refractivity contribution in [1.29, 1.82) is 0 Å². The lowest BCUT2D eigenvalue weighted by Crippen LogP contribution is -2.12. The summed E-state index contributed by atoms with van der Waals surface area (Å²) in [5.74, 6) is -0.320. The number of amides is 1. The van der Waals surface area contributed by atoms with E-state index in [1.54, 1.807) is 36.4 Å². The quantitative estimate of drug-likeness (QED) is 0.468. The minimum atomic E-state index is -0.266. The largest absolute Gasteiger partial charge is 0.397 e. The third kappa shape index (κ3) is 3.25. The maximum absolute atomic E-state index is 12.8. The average molecular weight is 414 g/mol. The molecule has 30 heavy (non-hydrogen) atoms. The molecule has 1 aliphatic rings. The van der Waals surface area contributed by atoms with Crippen molar-refractivity contribution < 1.29 is 9.59 Å². The first kappa shape index (κ1) is 18.5. The molecule has 0 spiro atoms. The highest BCUT2D eigenvalue weighted by molar-refractivity contribution is 7.21. The number of benzene rings is 2. The van der Waals surface area contributed by atoms with Crippen molar-refractivity contribution in [3.05, 3.63) is 87.9 Å². The predicted octanol–water partition coefficient (Wildman–Crippen LogP) is 4.85. The van der Waals surface area contributed by atoms with E-state index in [0.29, 0.717) is 27.4 Å². The topological polar surface area (TPSA) is 85.1 Å². The molecule has 0 atom stereocenters. The van der Waals surface area contributed by atoms with E-state index in [4.69, 9.17) is 10.7 Å². The van der Waals surface area contributed by atoms with E-state index in [2.05, 4.69) is 11.4 Å². The summed E-state index contributed by atoms with van der Waals surface area (Å²) in [5, 5.41) is 3.73. The Labute approximate surface area is 177 Å². The number of carbonyl (C=O) groups excluding carboxylic acids is 2. The van der Waals surface area contributed by atoms with Crippen LogP contribution in [0.15, 0.2) is 60.7 Å². The van der Waals surface area contributed by atoms with Gasteiger partial charge in [0.2, 0.25) is 0 Å². The Morgan fingerprint density at radius 2 is 1.70 bits per heavy atom. The zero-order valence-electron chi connectivity index (χ0n) is 16.1. The predicted molar refractivity (Wildman–Crippen MR) is 120 cm³/mol. The summed E-state index contributed by atoms with van der Waals surface area (Å²) < 4.78 is 0. The summed E-state index contributed by atoms with van der Waals surface area (Å²) in [6.07, 6.45) is 3.12. The highest BCUT2D eigenvalue weighted by Gasteiger charge is 2.21. The van der Waals surface area contributed by atoms with Crippen LogP contribution in [0.5, 0.6) is 0 Å². The third-order valence-corrected chi connectivity index (χ3v) is 6.51. The SMILES string of the molecule is Nc1c(C(=O)Nc2ccc(C(=O)c3ccccc3)cc2)sc2nc3c(cc12)CCC3. The molecule has 4 aromatic rings. The van der Waals surface area contributed by atoms with Gasteiger partial charge < -0.3 is 11.1 Å². The summed E-state index contributed by atoms with van der Waals surface area (Å²) in [6, 6.07) is 18.1. The van der Waals surface area contributed by atoms with Gasteiger partial charge in [0.15, 0.2) is 5.78 Å². The highest BCUT2D eigenvalue weighted by atomic mass is 32.1. The fourth-order valence-electron chi connectivity index (χ4n) is 3.82. The van der Waals surface area contributed by atoms with Crippen molar-refractivity contribution in [3.8, 4) is 0 Å². The monoisotopic (exact) mass is 413 g/mol. The summed E-state index contributed by atoms with van der Waals surface area (Å²) >= 11 is 1.32. The van der Waals surface area contributed by atoms with Crippen molar-refractivity contribution in [2.24, 2.45) is 0 Å². The number of nitrogens with two attached hydrogens (primary N) is 1. The number of nitrogen functional groups attached to an aromatic ring is 1. The van der Waals surface area contributed by atoms with Crippen LogP contribution in [0.25, 0.3) is 10.2 Å². The number of nitrogens with zero attached hydrogens (tertiary/aromatic N) is 1. The van der Waals surface area contributed by atoms with Crippen molar-refractivity contribution in [1.82, 2.24) is 4.98 Å². The minimum Gasteiger partial charge on any atom is -0.397 e. The molecule has 6 heteroatoms. The highest BCUT2D eigenvalue weighted by Crippen LogP contribution is 2.36. The van der Waals surface area contributed by atoms with Gasteiger partial charge in [0.05, 0.1) is 5.69 Å². The number of ketones is 1. The molecule has 0 aliphatic heterocycles. The van der Waals surface area contributed by atoms with E-state index < -0.39 is 0 Å². The van der Waals surface area contributed by atoms with Crippen LogP contribution in [0.4, 0.5) is 11.4 Å². The smallest absolute Gasteiger partial charge is 0.267 e. The summed E-state index contributed by atoms with van der Waals surface area (Å²) in [7, 11) is 0. The standard InChI is InChI=1S/C24H19N3O2S/c25-20-18-13-16-7-4-8-19(16)27-24(18)30-22(20)23(29)26-17-11-9-15(10-12-17)21(28)14-5-2-1-3-6-14/h1-3,5-6,9-13H,4,7-8,25H2,(H,26,29). The Balaban J connectivity index is 1.37. The van der Waals surface area contributed by atoms with E-state index >= 15 is 0 Å². The van der Waals surface area contributed by atoms with Gasteiger partial charge in [-0.15, -0.1) is 11.3 Å². The molecule has 0 saturated heterocycles. The summed E-state index contributed by atoms with van der Waals surface area (Å²) in [5.41, 5.74) is 10.9. The number of thiophene rings is 1. The third-order valence-electron chi connectivity index (χ3n) is 5.40. The molecule has 1 aliphatic carbocycles. The maximum atomic E-state index is 12.8. The number of pyridine rings is 1. The second-order valence-electron chi connectivity index (χ2n) is 7.37. The molecule has 0 radical (unpaired) electrons. The fourth-order valence-corrected chi connectivity index (χ4v) is 4.81. The van der Waals surface area contributed by atoms with Gasteiger partial charge in [-0.3, -0.25) is 9.59 Å². The van der Waals surface area contributed by atoms with Gasteiger partial charge in [-0.2, -0.15) is 0 Å². The van der Waals surface area contributed by atoms with E-state index in [1.807, 2.05) is 18.2 Å². The van der Waals surface area contributed by atoms with Crippen LogP contribution in [-0.4, -0.2) is 16.7 Å². The number of hydrogen-bond acceptors (Lipinski definition) is 5. The summed E-state index contributed by atoms with van der Waals surface area (Å²) in [4.78, 5) is 31.3. The number of aromatic nitrogens is 1. The number of carbonyl (C=O) groups is 2. The first-order chi connectivity index (χ1) is 14.6. The lowest BCUT2D eigenvalue weighted by molar-refractivity contribution is 0.102. The number of fused-ring (bicyclic) bond motifs is 2. The van der Waals surface area contributed by atoms with Crippen molar-refractivity contribution >= 4 is 44.6 Å². The molecule has 3 N–H and O–H groups in total. The van der Waals surface area contributed by atoms with Gasteiger partial charge >= 0.3 is 0 Å². The van der Waals surface area contributed by atoms with Crippen molar-refractivity contribution in [3.63, 3.8) is 0 Å². The summed E-state index contributed by atoms with van der Waals surface area (Å²) in [6.45, 7) is 0. The Morgan fingerprint density at radius 1 is 0.967 bits per heavy atom. The molecule has 0 saturated carbocycles. The Bertz CT molecular complexity index is 1280. The molecule has 0 unspecified atom stereocenters. The lowest BCUT2D eigenvalue weighted by atomic mass is 10.0. The zero-order chi connectivity index (χ0) is 20.7. The number of rotatable bonds is 4. The second kappa shape index (κ2) is 7.39. The molecule has 2 aromatic heterocycles. The van der Waals surface area contributed by atoms with Gasteiger partial charge in [-0.05, 0) is 55.2 Å². The number of anilines is 2. The molecule has 5 nitrogen and oxygen atoms in total. The van der Waals surface area contributed by atoms with Gasteiger partial charge in [0, 0.05) is 27.9 Å². The van der Waals surface area contributed by atoms with Crippen LogP contribution in [0.2, 0.25) is 0 Å². The van der Waals surface area contributed by atoms with Crippen LogP contribution in [0.3, 0.4) is 0 Å². The molecule has 2 aromatic carbocycles. The van der Waals surface area contributed by atoms with E-state index in [1.165, 1.54) is 16.9 Å². The van der Waals surface area contributed by atoms with Crippen LogP contribution >= 0.6 is 11.3 Å². The number of hydrogen-bond donors (Lipinski definition) is 2. The van der Waals surface area contributed by atoms with Gasteiger partial charge in [-0.25, -0.2) is 4.98 Å². The van der Waals surface area contributed by atoms with E-state index in [-0.39, 0.29) is 11.7 Å². The molecule has 0 fully saturated rings. The van der Waals surface area contributed by atoms with Gasteiger partial charge in [0.1, 0.15) is 9.71 Å². The maximum Gasteiger partial charge on any atom is 0.267 e. The second-order valence-corrected chi connectivity index (χ2v) is 8.37. The Hall–Kier alpha value is -3.51. The lowest BCUT2D eigenvalue weighted by Gasteiger charge is -2.06. The van der Waals surface area contributed by atoms with Crippen LogP contribution in [0, 0.1) is 0 Å². The van der Waals surface area contributed by atoms with Gasteiger partial charge in [0.25, 0.3) is 5.91 Å². The minimum absolute atomic E-state index is 0.0543. The number of aryl methyl sites for hydroxylation is 2. The van der Waals surface area contributed by atoms with Crippen LogP contribution in [0.1, 0.15) is 43.3 Å². The number of nitrogens with one attached hydrogen (secondary N) is 1. The first-order valence-corrected chi connectivity index (χ1v) is 10.6. The molecule has 148 valence electrons. The normalized spacial score (nSPS) is 12.7. The van der Waals surface area contributed by atoms with Crippen LogP contribution < -0.4 is 11.1 Å². The van der Waals surface area contributed by atoms with E-state index in [9.17, 15) is 9.59 Å². The Kier molecular flexibility index (Phi) is 4.56. The Morgan fingerprint density at radius 3 is 2.47 bits per heavy atom. The average Bonchev–Trinajstić information content (AvgIpc) is 3.37. The molecule has 1 amide bonds. The molecule has 5 rings (SSSR count). The molecular weight excluding hydrogens is 394 g/mol. The van der Waals surface area contributed by atoms with Gasteiger partial charge in [-0.1, -0.05) is 30.3 Å². The zero-order valence-corrected chi connectivity index (χ0v) is 17.0. The fraction of sp³-hybridized carbons (Fsp3) is 0.125.